The lowest BCUT2D eigenvalue weighted by Gasteiger charge is -2.09. The van der Waals surface area contributed by atoms with E-state index in [9.17, 15) is 14.2 Å². The molecular weight excluding hydrogens is 203 g/mol. The second-order valence-electron chi connectivity index (χ2n) is 2.26. The van der Waals surface area contributed by atoms with Crippen molar-refractivity contribution in [3.05, 3.63) is 0 Å². The number of aliphatic carboxylic acids is 2. The second-order valence-corrected chi connectivity index (χ2v) is 3.33. The van der Waals surface area contributed by atoms with Gasteiger partial charge < -0.3 is 15.3 Å². The zero-order chi connectivity index (χ0) is 10.6. The van der Waals surface area contributed by atoms with E-state index in [1.165, 1.54) is 0 Å². The Bertz CT molecular complexity index is 237. The van der Waals surface area contributed by atoms with Gasteiger partial charge in [-0.1, -0.05) is 0 Å². The van der Waals surface area contributed by atoms with Crippen LogP contribution in [0.4, 0.5) is 0 Å². The Morgan fingerprint density at radius 2 is 1.69 bits per heavy atom. The molecule has 0 bridgehead atoms. The standard InChI is InChI=1S/C5H7O7P/c6-3(5(9)10)2(4(7)8)1-13(11)12/h2-3,6H,1H2,(H2-,7,8,9,10,11,12)/p+1. The molecule has 0 rings (SSSR count). The predicted octanol–water partition coefficient (Wildman–Crippen LogP) is -1.13. The largest absolute Gasteiger partial charge is 0.506 e. The molecule has 0 aliphatic carbocycles. The van der Waals surface area contributed by atoms with Crippen LogP contribution in [0.25, 0.3) is 0 Å². The lowest BCUT2D eigenvalue weighted by Crippen LogP contribution is -2.36. The van der Waals surface area contributed by atoms with Crippen molar-refractivity contribution in [2.75, 3.05) is 6.16 Å². The molecule has 0 spiro atoms. The molecular formula is C5H8O7P+. The molecule has 7 nitrogen and oxygen atoms in total. The van der Waals surface area contributed by atoms with Gasteiger partial charge in [-0.3, -0.25) is 4.79 Å². The van der Waals surface area contributed by atoms with E-state index in [2.05, 4.69) is 0 Å². The summed E-state index contributed by atoms with van der Waals surface area (Å²) in [6.45, 7) is 0. The van der Waals surface area contributed by atoms with E-state index in [0.717, 1.165) is 0 Å². The van der Waals surface area contributed by atoms with Crippen molar-refractivity contribution in [1.29, 1.82) is 0 Å². The number of rotatable bonds is 5. The summed E-state index contributed by atoms with van der Waals surface area (Å²) in [6.07, 6.45) is -2.94. The van der Waals surface area contributed by atoms with E-state index in [0.29, 0.717) is 0 Å². The van der Waals surface area contributed by atoms with Crippen LogP contribution in [0, 0.1) is 5.92 Å². The molecule has 3 unspecified atom stereocenters. The fraction of sp³-hybridized carbons (Fsp3) is 0.600. The van der Waals surface area contributed by atoms with Gasteiger partial charge in [0.15, 0.2) is 12.3 Å². The minimum atomic E-state index is -2.78. The average Bonchev–Trinajstić information content (AvgIpc) is 1.97. The van der Waals surface area contributed by atoms with Crippen LogP contribution < -0.4 is 0 Å². The van der Waals surface area contributed by atoms with Crippen molar-refractivity contribution >= 4 is 20.0 Å². The fourth-order valence-electron chi connectivity index (χ4n) is 0.653. The number of hydrogen-bond donors (Lipinski definition) is 4. The molecule has 0 aromatic heterocycles. The van der Waals surface area contributed by atoms with Crippen LogP contribution in [0.2, 0.25) is 0 Å². The number of carboxylic acid groups (broad SMARTS) is 2. The minimum Gasteiger partial charge on any atom is -0.481 e. The first-order valence-electron chi connectivity index (χ1n) is 3.13. The molecule has 0 aromatic rings. The maximum Gasteiger partial charge on any atom is 0.506 e. The molecule has 0 fully saturated rings. The molecule has 8 heteroatoms. The Morgan fingerprint density at radius 3 is 1.92 bits per heavy atom. The average molecular weight is 211 g/mol. The zero-order valence-electron chi connectivity index (χ0n) is 6.32. The van der Waals surface area contributed by atoms with Crippen molar-refractivity contribution in [1.82, 2.24) is 0 Å². The summed E-state index contributed by atoms with van der Waals surface area (Å²) >= 11 is 0. The van der Waals surface area contributed by atoms with Crippen molar-refractivity contribution in [3.8, 4) is 0 Å². The predicted molar refractivity (Wildman–Crippen MR) is 39.5 cm³/mol. The van der Waals surface area contributed by atoms with Gasteiger partial charge in [0, 0.05) is 0 Å². The highest BCUT2D eigenvalue weighted by Crippen LogP contribution is 2.21. The summed E-state index contributed by atoms with van der Waals surface area (Å²) < 4.78 is 10.2. The Labute approximate surface area is 73.5 Å². The van der Waals surface area contributed by atoms with Gasteiger partial charge in [-0.25, -0.2) is 4.79 Å². The SMILES string of the molecule is O=C(O)C(O)C(C[P+](=O)O)C(=O)O. The number of aliphatic hydroxyl groups is 1. The van der Waals surface area contributed by atoms with Gasteiger partial charge in [-0.15, -0.1) is 0 Å². The molecule has 0 aliphatic rings. The van der Waals surface area contributed by atoms with E-state index in [1.54, 1.807) is 0 Å². The summed E-state index contributed by atoms with van der Waals surface area (Å²) in [7, 11) is -2.78. The summed E-state index contributed by atoms with van der Waals surface area (Å²) in [5, 5.41) is 25.4. The number of carboxylic acids is 2. The Morgan fingerprint density at radius 1 is 1.23 bits per heavy atom. The molecule has 0 radical (unpaired) electrons. The molecule has 3 atom stereocenters. The third-order valence-electron chi connectivity index (χ3n) is 1.30. The number of aliphatic hydroxyl groups excluding tert-OH is 1. The lowest BCUT2D eigenvalue weighted by molar-refractivity contribution is -0.158. The van der Waals surface area contributed by atoms with Crippen LogP contribution in [0.3, 0.4) is 0 Å². The van der Waals surface area contributed by atoms with E-state index >= 15 is 0 Å². The smallest absolute Gasteiger partial charge is 0.481 e. The van der Waals surface area contributed by atoms with Crippen LogP contribution in [0.5, 0.6) is 0 Å². The third-order valence-corrected chi connectivity index (χ3v) is 2.01. The molecule has 0 aromatic carbocycles. The first-order chi connectivity index (χ1) is 5.86. The van der Waals surface area contributed by atoms with E-state index < -0.39 is 38.2 Å². The van der Waals surface area contributed by atoms with Crippen LogP contribution in [0.15, 0.2) is 0 Å². The van der Waals surface area contributed by atoms with Crippen molar-refractivity contribution in [2.24, 2.45) is 5.92 Å². The fourth-order valence-corrected chi connectivity index (χ4v) is 1.35. The number of hydrogen-bond acceptors (Lipinski definition) is 4. The zero-order valence-corrected chi connectivity index (χ0v) is 7.22. The van der Waals surface area contributed by atoms with E-state index in [1.807, 2.05) is 0 Å². The first-order valence-corrected chi connectivity index (χ1v) is 4.53. The van der Waals surface area contributed by atoms with Gasteiger partial charge in [0.25, 0.3) is 0 Å². The topological polar surface area (TPSA) is 132 Å². The molecule has 74 valence electrons. The highest BCUT2D eigenvalue weighted by molar-refractivity contribution is 7.38. The third kappa shape index (κ3) is 3.93. The Balaban J connectivity index is 4.51. The summed E-state index contributed by atoms with van der Waals surface area (Å²) in [4.78, 5) is 28.8. The van der Waals surface area contributed by atoms with Crippen LogP contribution in [-0.4, -0.2) is 44.4 Å². The van der Waals surface area contributed by atoms with E-state index in [4.69, 9.17) is 20.2 Å². The monoisotopic (exact) mass is 211 g/mol. The molecule has 0 saturated carbocycles. The van der Waals surface area contributed by atoms with Gasteiger partial charge in [-0.05, 0) is 4.57 Å². The van der Waals surface area contributed by atoms with Crippen LogP contribution in [0.1, 0.15) is 0 Å². The van der Waals surface area contributed by atoms with Crippen LogP contribution in [-0.2, 0) is 14.2 Å². The summed E-state index contributed by atoms with van der Waals surface area (Å²) in [5.74, 6) is -5.11. The highest BCUT2D eigenvalue weighted by atomic mass is 31.1. The lowest BCUT2D eigenvalue weighted by atomic mass is 10.1. The van der Waals surface area contributed by atoms with Crippen molar-refractivity contribution < 1.29 is 34.4 Å². The highest BCUT2D eigenvalue weighted by Gasteiger charge is 2.38. The van der Waals surface area contributed by atoms with Gasteiger partial charge >= 0.3 is 20.0 Å². The summed E-state index contributed by atoms with van der Waals surface area (Å²) in [6, 6.07) is 0. The number of carbonyl (C=O) groups is 2. The Kier molecular flexibility index (Phi) is 4.47. The maximum absolute atomic E-state index is 10.3. The molecule has 0 heterocycles. The van der Waals surface area contributed by atoms with E-state index in [-0.39, 0.29) is 0 Å². The second kappa shape index (κ2) is 4.86. The summed E-state index contributed by atoms with van der Waals surface area (Å²) in [5.41, 5.74) is 0. The normalized spacial score (nSPS) is 16.0. The molecule has 13 heavy (non-hydrogen) atoms. The molecule has 0 amide bonds. The minimum absolute atomic E-state index is 0.780. The molecule has 0 saturated heterocycles. The van der Waals surface area contributed by atoms with Gasteiger partial charge in [-0.2, -0.15) is 4.89 Å². The maximum atomic E-state index is 10.3. The molecule has 4 N–H and O–H groups in total. The van der Waals surface area contributed by atoms with Gasteiger partial charge in [0.05, 0.1) is 0 Å². The first kappa shape index (κ1) is 12.0. The Hall–Kier alpha value is -1.04. The van der Waals surface area contributed by atoms with Crippen molar-refractivity contribution in [3.63, 3.8) is 0 Å². The quantitative estimate of drug-likeness (QED) is 0.423. The van der Waals surface area contributed by atoms with Gasteiger partial charge in [0.2, 0.25) is 0 Å². The van der Waals surface area contributed by atoms with Crippen LogP contribution >= 0.6 is 8.03 Å². The molecule has 0 aliphatic heterocycles. The van der Waals surface area contributed by atoms with Gasteiger partial charge in [0.1, 0.15) is 5.92 Å². The van der Waals surface area contributed by atoms with Crippen molar-refractivity contribution in [2.45, 2.75) is 6.10 Å².